The van der Waals surface area contributed by atoms with E-state index >= 15 is 0 Å². The Morgan fingerprint density at radius 3 is 2.26 bits per heavy atom. The van der Waals surface area contributed by atoms with Crippen LogP contribution in [0.4, 0.5) is 4.79 Å². The number of carbonyl (C=O) groups excluding carboxylic acids is 1. The van der Waals surface area contributed by atoms with Crippen molar-refractivity contribution in [3.63, 3.8) is 0 Å². The zero-order chi connectivity index (χ0) is 14.6. The number of hydrogen-bond donors (Lipinski definition) is 2. The highest BCUT2D eigenvalue weighted by molar-refractivity contribution is 5.76. The highest BCUT2D eigenvalue weighted by Gasteiger charge is 2.30. The van der Waals surface area contributed by atoms with Crippen LogP contribution in [-0.4, -0.2) is 65.2 Å². The van der Waals surface area contributed by atoms with E-state index in [0.717, 1.165) is 0 Å². The normalized spacial score (nSPS) is 26.0. The van der Waals surface area contributed by atoms with E-state index < -0.39 is 5.97 Å². The maximum atomic E-state index is 12.2. The Labute approximate surface area is 114 Å². The third kappa shape index (κ3) is 4.38. The van der Waals surface area contributed by atoms with Crippen LogP contribution in [0.5, 0.6) is 0 Å². The Bertz CT molecular complexity index is 323. The van der Waals surface area contributed by atoms with Gasteiger partial charge in [-0.3, -0.25) is 9.69 Å². The van der Waals surface area contributed by atoms with Crippen LogP contribution in [-0.2, 0) is 4.79 Å². The molecular weight excluding hydrogens is 246 g/mol. The Morgan fingerprint density at radius 1 is 1.32 bits per heavy atom. The minimum Gasteiger partial charge on any atom is -0.481 e. The molecule has 19 heavy (non-hydrogen) atoms. The first-order valence-corrected chi connectivity index (χ1v) is 6.84. The number of amides is 2. The van der Waals surface area contributed by atoms with Crippen molar-refractivity contribution >= 4 is 12.0 Å². The van der Waals surface area contributed by atoms with E-state index in [1.807, 2.05) is 6.92 Å². The van der Waals surface area contributed by atoms with Gasteiger partial charge in [0.2, 0.25) is 0 Å². The van der Waals surface area contributed by atoms with E-state index in [9.17, 15) is 9.59 Å². The zero-order valence-corrected chi connectivity index (χ0v) is 12.2. The summed E-state index contributed by atoms with van der Waals surface area (Å²) >= 11 is 0. The smallest absolute Gasteiger partial charge is 0.317 e. The van der Waals surface area contributed by atoms with Gasteiger partial charge in [0, 0.05) is 31.2 Å². The van der Waals surface area contributed by atoms with Crippen LogP contribution in [0.1, 0.15) is 33.6 Å². The molecular formula is C13H25N3O3. The van der Waals surface area contributed by atoms with Crippen LogP contribution in [0, 0.1) is 0 Å². The van der Waals surface area contributed by atoms with Crippen LogP contribution in [0.15, 0.2) is 0 Å². The molecule has 1 saturated heterocycles. The van der Waals surface area contributed by atoms with E-state index in [2.05, 4.69) is 31.1 Å². The fourth-order valence-corrected chi connectivity index (χ4v) is 2.34. The van der Waals surface area contributed by atoms with Gasteiger partial charge >= 0.3 is 12.0 Å². The number of nitrogens with zero attached hydrogens (tertiary/aromatic N) is 2. The summed E-state index contributed by atoms with van der Waals surface area (Å²) in [5, 5.41) is 11.6. The fourth-order valence-electron chi connectivity index (χ4n) is 2.34. The molecule has 0 aromatic carbocycles. The summed E-state index contributed by atoms with van der Waals surface area (Å²) in [4.78, 5) is 26.9. The Morgan fingerprint density at radius 2 is 1.84 bits per heavy atom. The first kappa shape index (κ1) is 15.8. The molecule has 6 nitrogen and oxygen atoms in total. The molecule has 0 aromatic heterocycles. The zero-order valence-electron chi connectivity index (χ0n) is 12.2. The van der Waals surface area contributed by atoms with Crippen LogP contribution in [0.25, 0.3) is 0 Å². The number of carboxylic acids is 1. The third-order valence-electron chi connectivity index (χ3n) is 3.89. The molecule has 1 rings (SSSR count). The molecule has 1 aliphatic heterocycles. The first-order chi connectivity index (χ1) is 8.85. The summed E-state index contributed by atoms with van der Waals surface area (Å²) in [5.41, 5.74) is 0. The SMILES string of the molecule is CCC(CC(=O)O)NC(=O)N1CC(C)N(C)C(C)C1. The molecule has 0 aromatic rings. The standard InChI is InChI=1S/C13H25N3O3/c1-5-11(6-12(17)18)14-13(19)16-7-9(2)15(4)10(3)8-16/h9-11H,5-8H2,1-4H3,(H,14,19)(H,17,18). The van der Waals surface area contributed by atoms with Crippen molar-refractivity contribution in [3.8, 4) is 0 Å². The Balaban J connectivity index is 2.55. The number of carboxylic acid groups (broad SMARTS) is 1. The van der Waals surface area contributed by atoms with Gasteiger partial charge < -0.3 is 15.3 Å². The van der Waals surface area contributed by atoms with E-state index in [1.54, 1.807) is 4.90 Å². The highest BCUT2D eigenvalue weighted by Crippen LogP contribution is 2.13. The lowest BCUT2D eigenvalue weighted by Crippen LogP contribution is -2.59. The molecule has 1 heterocycles. The van der Waals surface area contributed by atoms with Crippen molar-refractivity contribution < 1.29 is 14.7 Å². The van der Waals surface area contributed by atoms with Gasteiger partial charge in [-0.25, -0.2) is 4.79 Å². The second-order valence-electron chi connectivity index (χ2n) is 5.42. The molecule has 0 aliphatic carbocycles. The number of hydrogen-bond acceptors (Lipinski definition) is 3. The summed E-state index contributed by atoms with van der Waals surface area (Å²) < 4.78 is 0. The monoisotopic (exact) mass is 271 g/mol. The average Bonchev–Trinajstić information content (AvgIpc) is 2.33. The Hall–Kier alpha value is -1.30. The molecule has 2 N–H and O–H groups in total. The molecule has 110 valence electrons. The predicted molar refractivity (Wildman–Crippen MR) is 73.1 cm³/mol. The Kier molecular flexibility index (Phi) is 5.60. The molecule has 0 spiro atoms. The summed E-state index contributed by atoms with van der Waals surface area (Å²) in [5.74, 6) is -0.882. The van der Waals surface area contributed by atoms with Crippen molar-refractivity contribution in [1.29, 1.82) is 0 Å². The van der Waals surface area contributed by atoms with Crippen molar-refractivity contribution in [2.45, 2.75) is 51.7 Å². The summed E-state index contributed by atoms with van der Waals surface area (Å²) in [6.07, 6.45) is 0.595. The number of rotatable bonds is 4. The maximum Gasteiger partial charge on any atom is 0.317 e. The lowest BCUT2D eigenvalue weighted by Gasteiger charge is -2.42. The molecule has 3 atom stereocenters. The van der Waals surface area contributed by atoms with Gasteiger partial charge in [0.1, 0.15) is 0 Å². The van der Waals surface area contributed by atoms with Gasteiger partial charge in [0.15, 0.2) is 0 Å². The van der Waals surface area contributed by atoms with Crippen molar-refractivity contribution in [3.05, 3.63) is 0 Å². The molecule has 1 aliphatic rings. The summed E-state index contributed by atoms with van der Waals surface area (Å²) in [7, 11) is 2.06. The average molecular weight is 271 g/mol. The number of likely N-dealkylation sites (N-methyl/N-ethyl adjacent to an activating group) is 1. The van der Waals surface area contributed by atoms with Crippen LogP contribution >= 0.6 is 0 Å². The predicted octanol–water partition coefficient (Wildman–Crippen LogP) is 0.974. The minimum atomic E-state index is -0.882. The van der Waals surface area contributed by atoms with Gasteiger partial charge in [-0.15, -0.1) is 0 Å². The van der Waals surface area contributed by atoms with Crippen molar-refractivity contribution in [1.82, 2.24) is 15.1 Å². The van der Waals surface area contributed by atoms with E-state index in [0.29, 0.717) is 31.6 Å². The van der Waals surface area contributed by atoms with E-state index in [1.165, 1.54) is 0 Å². The number of urea groups is 1. The van der Waals surface area contributed by atoms with Gasteiger partial charge in [0.05, 0.1) is 6.42 Å². The van der Waals surface area contributed by atoms with E-state index in [4.69, 9.17) is 5.11 Å². The van der Waals surface area contributed by atoms with Crippen molar-refractivity contribution in [2.75, 3.05) is 20.1 Å². The largest absolute Gasteiger partial charge is 0.481 e. The van der Waals surface area contributed by atoms with Crippen LogP contribution in [0.3, 0.4) is 0 Å². The minimum absolute atomic E-state index is 0.0267. The first-order valence-electron chi connectivity index (χ1n) is 6.84. The maximum absolute atomic E-state index is 12.2. The number of aliphatic carboxylic acids is 1. The van der Waals surface area contributed by atoms with Gasteiger partial charge in [-0.05, 0) is 27.3 Å². The molecule has 1 fully saturated rings. The topological polar surface area (TPSA) is 72.9 Å². The fraction of sp³-hybridized carbons (Fsp3) is 0.846. The quantitative estimate of drug-likeness (QED) is 0.799. The highest BCUT2D eigenvalue weighted by atomic mass is 16.4. The van der Waals surface area contributed by atoms with Gasteiger partial charge in [-0.2, -0.15) is 0 Å². The second-order valence-corrected chi connectivity index (χ2v) is 5.42. The van der Waals surface area contributed by atoms with Crippen LogP contribution < -0.4 is 5.32 Å². The van der Waals surface area contributed by atoms with Crippen molar-refractivity contribution in [2.24, 2.45) is 0 Å². The molecule has 2 amide bonds. The van der Waals surface area contributed by atoms with Gasteiger partial charge in [-0.1, -0.05) is 6.92 Å². The lowest BCUT2D eigenvalue weighted by molar-refractivity contribution is -0.137. The number of carbonyl (C=O) groups is 2. The second kappa shape index (κ2) is 6.75. The molecule has 3 unspecified atom stereocenters. The number of piperazine rings is 1. The van der Waals surface area contributed by atoms with Crippen LogP contribution in [0.2, 0.25) is 0 Å². The lowest BCUT2D eigenvalue weighted by atomic mass is 10.1. The molecule has 0 radical (unpaired) electrons. The van der Waals surface area contributed by atoms with Gasteiger partial charge in [0.25, 0.3) is 0 Å². The van der Waals surface area contributed by atoms with E-state index in [-0.39, 0.29) is 18.5 Å². The third-order valence-corrected chi connectivity index (χ3v) is 3.89. The molecule has 6 heteroatoms. The summed E-state index contributed by atoms with van der Waals surface area (Å²) in [6, 6.07) is 0.179. The molecule has 0 bridgehead atoms. The number of nitrogens with one attached hydrogen (secondary N) is 1. The molecule has 0 saturated carbocycles. The summed E-state index contributed by atoms with van der Waals surface area (Å²) in [6.45, 7) is 7.41.